The van der Waals surface area contributed by atoms with Gasteiger partial charge in [-0.15, -0.1) is 0 Å². The lowest BCUT2D eigenvalue weighted by molar-refractivity contribution is -0.0507. The maximum atomic E-state index is 12.4. The van der Waals surface area contributed by atoms with Gasteiger partial charge in [0, 0.05) is 11.6 Å². The average Bonchev–Trinajstić information content (AvgIpc) is 2.92. The van der Waals surface area contributed by atoms with E-state index in [9.17, 15) is 8.78 Å². The second-order valence-corrected chi connectivity index (χ2v) is 4.54. The molecule has 20 heavy (non-hydrogen) atoms. The highest BCUT2D eigenvalue weighted by Crippen LogP contribution is 2.28. The third-order valence-corrected chi connectivity index (χ3v) is 3.07. The molecule has 3 nitrogen and oxygen atoms in total. The molecule has 1 N–H and O–H groups in total. The number of furan rings is 1. The van der Waals surface area contributed by atoms with E-state index in [1.165, 1.54) is 6.07 Å². The van der Waals surface area contributed by atoms with Crippen molar-refractivity contribution >= 4 is 0 Å². The van der Waals surface area contributed by atoms with Crippen LogP contribution in [0.1, 0.15) is 37.3 Å². The molecule has 0 spiro atoms. The summed E-state index contributed by atoms with van der Waals surface area (Å²) in [6, 6.07) is 10.3. The summed E-state index contributed by atoms with van der Waals surface area (Å²) in [5.74, 6) is 0.984. The van der Waals surface area contributed by atoms with Crippen molar-refractivity contribution < 1.29 is 17.9 Å². The molecule has 0 amide bonds. The third-order valence-electron chi connectivity index (χ3n) is 3.07. The van der Waals surface area contributed by atoms with E-state index in [-0.39, 0.29) is 17.8 Å². The van der Waals surface area contributed by atoms with E-state index < -0.39 is 6.61 Å². The Balaban J connectivity index is 2.10. The largest absolute Gasteiger partial charge is 0.468 e. The quantitative estimate of drug-likeness (QED) is 0.857. The van der Waals surface area contributed by atoms with Gasteiger partial charge in [0.2, 0.25) is 0 Å². The summed E-state index contributed by atoms with van der Waals surface area (Å²) in [5.41, 5.74) is 0.686. The summed E-state index contributed by atoms with van der Waals surface area (Å²) < 4.78 is 34.6. The van der Waals surface area contributed by atoms with Crippen molar-refractivity contribution in [3.8, 4) is 5.75 Å². The lowest BCUT2D eigenvalue weighted by Crippen LogP contribution is -2.23. The average molecular weight is 281 g/mol. The fraction of sp³-hybridized carbons (Fsp3) is 0.333. The van der Waals surface area contributed by atoms with E-state index in [0.29, 0.717) is 5.56 Å². The Morgan fingerprint density at radius 2 is 1.80 bits per heavy atom. The highest BCUT2D eigenvalue weighted by atomic mass is 19.3. The molecule has 0 fully saturated rings. The molecule has 5 heteroatoms. The van der Waals surface area contributed by atoms with Gasteiger partial charge in [0.05, 0.1) is 12.3 Å². The van der Waals surface area contributed by atoms with Gasteiger partial charge in [0.15, 0.2) is 0 Å². The minimum atomic E-state index is -2.83. The standard InChI is InChI=1S/C15H17F2NO2/c1-10(18-11(2)13-8-5-9-19-13)12-6-3-4-7-14(12)20-15(16)17/h3-11,15,18H,1-2H3/t10?,11-/m1/s1. The smallest absolute Gasteiger partial charge is 0.387 e. The predicted octanol–water partition coefficient (Wildman–Crippen LogP) is 4.29. The zero-order valence-corrected chi connectivity index (χ0v) is 11.3. The number of hydrogen-bond donors (Lipinski definition) is 1. The van der Waals surface area contributed by atoms with Crippen LogP contribution in [-0.4, -0.2) is 6.61 Å². The number of para-hydroxylation sites is 1. The summed E-state index contributed by atoms with van der Waals surface area (Å²) in [5, 5.41) is 3.29. The van der Waals surface area contributed by atoms with Gasteiger partial charge < -0.3 is 14.5 Å². The number of halogens is 2. The van der Waals surface area contributed by atoms with E-state index in [1.54, 1.807) is 24.5 Å². The van der Waals surface area contributed by atoms with Gasteiger partial charge >= 0.3 is 6.61 Å². The van der Waals surface area contributed by atoms with Gasteiger partial charge in [-0.25, -0.2) is 0 Å². The number of ether oxygens (including phenoxy) is 1. The summed E-state index contributed by atoms with van der Waals surface area (Å²) in [6.07, 6.45) is 1.60. The van der Waals surface area contributed by atoms with Gasteiger partial charge in [-0.05, 0) is 32.0 Å². The molecule has 0 radical (unpaired) electrons. The van der Waals surface area contributed by atoms with E-state index in [0.717, 1.165) is 5.76 Å². The van der Waals surface area contributed by atoms with Crippen LogP contribution in [0.4, 0.5) is 8.78 Å². The number of rotatable bonds is 6. The van der Waals surface area contributed by atoms with Crippen LogP contribution in [-0.2, 0) is 0 Å². The predicted molar refractivity (Wildman–Crippen MR) is 71.7 cm³/mol. The summed E-state index contributed by atoms with van der Waals surface area (Å²) in [4.78, 5) is 0. The first-order valence-corrected chi connectivity index (χ1v) is 6.41. The van der Waals surface area contributed by atoms with Gasteiger partial charge in [-0.2, -0.15) is 8.78 Å². The Labute approximate surface area is 116 Å². The monoisotopic (exact) mass is 281 g/mol. The van der Waals surface area contributed by atoms with E-state index in [1.807, 2.05) is 26.0 Å². The van der Waals surface area contributed by atoms with Crippen LogP contribution < -0.4 is 10.1 Å². The molecule has 1 aromatic carbocycles. The topological polar surface area (TPSA) is 34.4 Å². The molecule has 1 aromatic heterocycles. The van der Waals surface area contributed by atoms with Crippen LogP contribution in [0.2, 0.25) is 0 Å². The number of nitrogens with one attached hydrogen (secondary N) is 1. The number of hydrogen-bond acceptors (Lipinski definition) is 3. The van der Waals surface area contributed by atoms with Crippen molar-refractivity contribution in [1.82, 2.24) is 5.32 Å². The molecule has 1 unspecified atom stereocenters. The molecule has 2 atom stereocenters. The fourth-order valence-corrected chi connectivity index (χ4v) is 2.13. The summed E-state index contributed by atoms with van der Waals surface area (Å²) in [6.45, 7) is 1.02. The maximum Gasteiger partial charge on any atom is 0.387 e. The molecule has 0 bridgehead atoms. The second kappa shape index (κ2) is 6.52. The Hall–Kier alpha value is -1.88. The van der Waals surface area contributed by atoms with Crippen molar-refractivity contribution in [2.75, 3.05) is 0 Å². The van der Waals surface area contributed by atoms with Crippen molar-refractivity contribution in [2.24, 2.45) is 0 Å². The molecule has 108 valence electrons. The zero-order valence-electron chi connectivity index (χ0n) is 11.3. The first-order valence-electron chi connectivity index (χ1n) is 6.41. The highest BCUT2D eigenvalue weighted by molar-refractivity contribution is 5.35. The van der Waals surface area contributed by atoms with Crippen LogP contribution in [0, 0.1) is 0 Å². The number of benzene rings is 1. The first-order chi connectivity index (χ1) is 9.58. The summed E-state index contributed by atoms with van der Waals surface area (Å²) in [7, 11) is 0. The molecule has 0 aliphatic heterocycles. The van der Waals surface area contributed by atoms with E-state index in [4.69, 9.17) is 4.42 Å². The summed E-state index contributed by atoms with van der Waals surface area (Å²) >= 11 is 0. The van der Waals surface area contributed by atoms with Gasteiger partial charge in [-0.3, -0.25) is 0 Å². The Kier molecular flexibility index (Phi) is 4.74. The van der Waals surface area contributed by atoms with Crippen molar-refractivity contribution in [3.63, 3.8) is 0 Å². The minimum absolute atomic E-state index is 0.0281. The Morgan fingerprint density at radius 1 is 1.05 bits per heavy atom. The van der Waals surface area contributed by atoms with Crippen LogP contribution in [0.25, 0.3) is 0 Å². The fourth-order valence-electron chi connectivity index (χ4n) is 2.13. The van der Waals surface area contributed by atoms with Crippen molar-refractivity contribution in [3.05, 3.63) is 54.0 Å². The van der Waals surface area contributed by atoms with Gasteiger partial charge in [0.25, 0.3) is 0 Å². The lowest BCUT2D eigenvalue weighted by Gasteiger charge is -2.21. The van der Waals surface area contributed by atoms with E-state index >= 15 is 0 Å². The molecular formula is C15H17F2NO2. The molecule has 1 heterocycles. The maximum absolute atomic E-state index is 12.4. The normalized spacial score (nSPS) is 14.2. The van der Waals surface area contributed by atoms with Crippen LogP contribution in [0.3, 0.4) is 0 Å². The van der Waals surface area contributed by atoms with Crippen LogP contribution in [0.15, 0.2) is 47.1 Å². The second-order valence-electron chi connectivity index (χ2n) is 4.54. The highest BCUT2D eigenvalue weighted by Gasteiger charge is 2.17. The lowest BCUT2D eigenvalue weighted by atomic mass is 10.1. The Morgan fingerprint density at radius 3 is 2.45 bits per heavy atom. The van der Waals surface area contributed by atoms with E-state index in [2.05, 4.69) is 10.1 Å². The van der Waals surface area contributed by atoms with Crippen LogP contribution in [0.5, 0.6) is 5.75 Å². The minimum Gasteiger partial charge on any atom is -0.468 e. The molecular weight excluding hydrogens is 264 g/mol. The molecule has 0 aliphatic carbocycles. The first kappa shape index (κ1) is 14.5. The van der Waals surface area contributed by atoms with Crippen LogP contribution >= 0.6 is 0 Å². The van der Waals surface area contributed by atoms with Crippen molar-refractivity contribution in [2.45, 2.75) is 32.5 Å². The zero-order chi connectivity index (χ0) is 14.5. The van der Waals surface area contributed by atoms with Gasteiger partial charge in [-0.1, -0.05) is 18.2 Å². The van der Waals surface area contributed by atoms with Crippen molar-refractivity contribution in [1.29, 1.82) is 0 Å². The molecule has 0 saturated carbocycles. The number of alkyl halides is 2. The molecule has 2 rings (SSSR count). The molecule has 2 aromatic rings. The SMILES string of the molecule is CC(N[C@H](C)c1ccco1)c1ccccc1OC(F)F. The molecule has 0 saturated heterocycles. The Bertz CT molecular complexity index is 528. The van der Waals surface area contributed by atoms with Gasteiger partial charge in [0.1, 0.15) is 11.5 Å². The molecule has 0 aliphatic rings. The third kappa shape index (κ3) is 3.57.